The molecule has 0 saturated carbocycles. The van der Waals surface area contributed by atoms with Gasteiger partial charge < -0.3 is 10.1 Å². The van der Waals surface area contributed by atoms with E-state index in [0.29, 0.717) is 6.54 Å². The number of rotatable bonds is 7. The van der Waals surface area contributed by atoms with Crippen molar-refractivity contribution in [1.82, 2.24) is 9.62 Å². The van der Waals surface area contributed by atoms with E-state index in [0.717, 1.165) is 13.0 Å². The third-order valence-corrected chi connectivity index (χ3v) is 7.28. The van der Waals surface area contributed by atoms with Gasteiger partial charge in [0.15, 0.2) is 0 Å². The summed E-state index contributed by atoms with van der Waals surface area (Å²) in [5.41, 5.74) is 0.262. The molecule has 0 aromatic heterocycles. The zero-order chi connectivity index (χ0) is 18.0. The van der Waals surface area contributed by atoms with E-state index in [9.17, 15) is 16.8 Å². The minimum atomic E-state index is -3.74. The van der Waals surface area contributed by atoms with Gasteiger partial charge in [0.2, 0.25) is 20.0 Å². The van der Waals surface area contributed by atoms with Gasteiger partial charge in [-0.3, -0.25) is 4.72 Å². The minimum absolute atomic E-state index is 0. The van der Waals surface area contributed by atoms with E-state index in [1.54, 1.807) is 7.05 Å². The van der Waals surface area contributed by atoms with Gasteiger partial charge in [0.1, 0.15) is 10.6 Å². The van der Waals surface area contributed by atoms with Crippen molar-refractivity contribution in [3.8, 4) is 5.75 Å². The Labute approximate surface area is 155 Å². The molecule has 8 nitrogen and oxygen atoms in total. The number of hydrogen-bond acceptors (Lipinski definition) is 6. The van der Waals surface area contributed by atoms with Crippen LogP contribution in [0.1, 0.15) is 13.3 Å². The topological polar surface area (TPSA) is 105 Å². The van der Waals surface area contributed by atoms with Crippen molar-refractivity contribution in [1.29, 1.82) is 0 Å². The largest absolute Gasteiger partial charge is 0.495 e. The molecule has 1 aromatic rings. The van der Waals surface area contributed by atoms with Gasteiger partial charge in [-0.2, -0.15) is 4.31 Å². The number of anilines is 1. The van der Waals surface area contributed by atoms with Crippen LogP contribution < -0.4 is 14.8 Å². The number of ether oxygens (including phenoxy) is 1. The van der Waals surface area contributed by atoms with Crippen LogP contribution in [0.3, 0.4) is 0 Å². The monoisotopic (exact) mass is 413 g/mol. The number of likely N-dealkylation sites (N-methyl/N-ethyl adjacent to an activating group) is 1. The molecule has 1 aliphatic rings. The molecular formula is C14H24ClN3O5S2. The molecule has 1 fully saturated rings. The number of halogens is 1. The summed E-state index contributed by atoms with van der Waals surface area (Å²) in [6.45, 7) is 2.90. The fourth-order valence-electron chi connectivity index (χ4n) is 2.50. The molecule has 11 heteroatoms. The van der Waals surface area contributed by atoms with Crippen molar-refractivity contribution < 1.29 is 21.6 Å². The molecular weight excluding hydrogens is 390 g/mol. The molecule has 1 unspecified atom stereocenters. The predicted molar refractivity (Wildman–Crippen MR) is 99.5 cm³/mol. The zero-order valence-electron chi connectivity index (χ0n) is 14.4. The van der Waals surface area contributed by atoms with Crippen molar-refractivity contribution >= 4 is 38.1 Å². The summed E-state index contributed by atoms with van der Waals surface area (Å²) in [5, 5.41) is 3.13. The molecule has 2 rings (SSSR count). The van der Waals surface area contributed by atoms with Gasteiger partial charge >= 0.3 is 0 Å². The lowest BCUT2D eigenvalue weighted by Gasteiger charge is -2.24. The summed E-state index contributed by atoms with van der Waals surface area (Å²) in [5.74, 6) is 0.0244. The third-order valence-electron chi connectivity index (χ3n) is 4.02. The summed E-state index contributed by atoms with van der Waals surface area (Å²) < 4.78 is 57.8. The van der Waals surface area contributed by atoms with E-state index in [4.69, 9.17) is 4.74 Å². The third kappa shape index (κ3) is 4.98. The lowest BCUT2D eigenvalue weighted by molar-refractivity contribution is 0.376. The van der Waals surface area contributed by atoms with Crippen molar-refractivity contribution in [3.05, 3.63) is 18.2 Å². The van der Waals surface area contributed by atoms with Gasteiger partial charge in [-0.05, 0) is 32.0 Å². The molecule has 1 aromatic carbocycles. The number of benzene rings is 1. The van der Waals surface area contributed by atoms with Gasteiger partial charge in [0.25, 0.3) is 0 Å². The summed E-state index contributed by atoms with van der Waals surface area (Å²) in [7, 11) is -4.30. The molecule has 0 aliphatic carbocycles. The van der Waals surface area contributed by atoms with E-state index in [1.807, 2.05) is 0 Å². The summed E-state index contributed by atoms with van der Waals surface area (Å²) in [4.78, 5) is 0.0128. The Morgan fingerprint density at radius 1 is 1.32 bits per heavy atom. The van der Waals surface area contributed by atoms with Crippen LogP contribution in [0.4, 0.5) is 5.69 Å². The van der Waals surface area contributed by atoms with Crippen LogP contribution in [0.25, 0.3) is 0 Å². The van der Waals surface area contributed by atoms with Crippen LogP contribution in [-0.2, 0) is 20.0 Å². The Balaban J connectivity index is 0.00000312. The van der Waals surface area contributed by atoms with E-state index in [1.165, 1.54) is 36.5 Å². The molecule has 144 valence electrons. The number of nitrogens with one attached hydrogen (secondary N) is 2. The fraction of sp³-hybridized carbons (Fsp3) is 0.571. The average molecular weight is 414 g/mol. The Morgan fingerprint density at radius 3 is 2.52 bits per heavy atom. The van der Waals surface area contributed by atoms with Gasteiger partial charge in [0.05, 0.1) is 18.6 Å². The maximum absolute atomic E-state index is 12.8. The van der Waals surface area contributed by atoms with Gasteiger partial charge in [0, 0.05) is 25.7 Å². The van der Waals surface area contributed by atoms with Crippen molar-refractivity contribution in [2.45, 2.75) is 24.3 Å². The quantitative estimate of drug-likeness (QED) is 0.687. The van der Waals surface area contributed by atoms with Crippen molar-refractivity contribution in [2.24, 2.45) is 0 Å². The highest BCUT2D eigenvalue weighted by molar-refractivity contribution is 7.92. The summed E-state index contributed by atoms with van der Waals surface area (Å²) in [6.07, 6.45) is 0.742. The van der Waals surface area contributed by atoms with Crippen LogP contribution in [0, 0.1) is 0 Å². The van der Waals surface area contributed by atoms with Crippen molar-refractivity contribution in [3.63, 3.8) is 0 Å². The number of hydrogen-bond donors (Lipinski definition) is 2. The second kappa shape index (κ2) is 8.54. The van der Waals surface area contributed by atoms with Crippen LogP contribution in [0.5, 0.6) is 5.75 Å². The first-order valence-corrected chi connectivity index (χ1v) is 10.7. The standard InChI is InChI=1S/C14H23N3O5S2.ClH/c1-4-23(18,19)16-11-5-6-14(13(9-11)22-3)24(20,21)17(2)12-7-8-15-10-12;/h5-6,9,12,15-16H,4,7-8,10H2,1-3H3;1H. The van der Waals surface area contributed by atoms with Crippen molar-refractivity contribution in [2.75, 3.05) is 37.7 Å². The summed E-state index contributed by atoms with van der Waals surface area (Å²) >= 11 is 0. The van der Waals surface area contributed by atoms with Crippen LogP contribution >= 0.6 is 12.4 Å². The first kappa shape index (κ1) is 22.0. The normalized spacial score (nSPS) is 18.0. The maximum Gasteiger partial charge on any atom is 0.246 e. The Morgan fingerprint density at radius 2 is 2.00 bits per heavy atom. The molecule has 2 N–H and O–H groups in total. The highest BCUT2D eigenvalue weighted by atomic mass is 35.5. The number of methoxy groups -OCH3 is 1. The molecule has 0 spiro atoms. The second-order valence-electron chi connectivity index (χ2n) is 5.54. The molecule has 0 radical (unpaired) electrons. The smallest absolute Gasteiger partial charge is 0.246 e. The van der Waals surface area contributed by atoms with E-state index < -0.39 is 20.0 Å². The fourth-order valence-corrected chi connectivity index (χ4v) is 4.65. The van der Waals surface area contributed by atoms with Crippen LogP contribution in [0.15, 0.2) is 23.1 Å². The second-order valence-corrected chi connectivity index (χ2v) is 9.52. The minimum Gasteiger partial charge on any atom is -0.495 e. The average Bonchev–Trinajstić information content (AvgIpc) is 3.07. The Hall–Kier alpha value is -1.07. The molecule has 1 atom stereocenters. The highest BCUT2D eigenvalue weighted by Crippen LogP contribution is 2.31. The Kier molecular flexibility index (Phi) is 7.51. The molecule has 0 amide bonds. The van der Waals surface area contributed by atoms with Crippen LogP contribution in [0.2, 0.25) is 0 Å². The SMILES string of the molecule is CCS(=O)(=O)Nc1ccc(S(=O)(=O)N(C)C2CCNC2)c(OC)c1.Cl. The first-order chi connectivity index (χ1) is 11.2. The summed E-state index contributed by atoms with van der Waals surface area (Å²) in [6, 6.07) is 4.04. The Bertz CT molecular complexity index is 793. The lowest BCUT2D eigenvalue weighted by atomic mass is 10.3. The van der Waals surface area contributed by atoms with Gasteiger partial charge in [-0.25, -0.2) is 16.8 Å². The van der Waals surface area contributed by atoms with E-state index in [-0.39, 0.29) is 40.5 Å². The number of sulfonamides is 2. The van der Waals surface area contributed by atoms with Crippen LogP contribution in [-0.4, -0.2) is 60.2 Å². The van der Waals surface area contributed by atoms with E-state index in [2.05, 4.69) is 10.0 Å². The number of nitrogens with zero attached hydrogens (tertiary/aromatic N) is 1. The maximum atomic E-state index is 12.8. The van der Waals surface area contributed by atoms with Gasteiger partial charge in [-0.1, -0.05) is 0 Å². The predicted octanol–water partition coefficient (Wildman–Crippen LogP) is 0.861. The molecule has 1 aliphatic heterocycles. The zero-order valence-corrected chi connectivity index (χ0v) is 16.8. The molecule has 1 heterocycles. The molecule has 25 heavy (non-hydrogen) atoms. The highest BCUT2D eigenvalue weighted by Gasteiger charge is 2.32. The first-order valence-electron chi connectivity index (χ1n) is 7.58. The lowest BCUT2D eigenvalue weighted by Crippen LogP contribution is -2.38. The van der Waals surface area contributed by atoms with E-state index >= 15 is 0 Å². The molecule has 1 saturated heterocycles. The van der Waals surface area contributed by atoms with Gasteiger partial charge in [-0.15, -0.1) is 12.4 Å². The molecule has 0 bridgehead atoms.